The molecule has 2 heterocycles. The first-order valence-electron chi connectivity index (χ1n) is 5.43. The number of benzene rings is 1. The first-order chi connectivity index (χ1) is 9.27. The maximum atomic E-state index is 12.8. The van der Waals surface area contributed by atoms with Gasteiger partial charge in [-0.1, -0.05) is 11.6 Å². The molecule has 9 heteroatoms. The molecule has 3 rings (SSSR count). The van der Waals surface area contributed by atoms with Crippen molar-refractivity contribution in [3.05, 3.63) is 39.0 Å². The van der Waals surface area contributed by atoms with Crippen LogP contribution in [-0.4, -0.2) is 19.6 Å². The van der Waals surface area contributed by atoms with Crippen molar-refractivity contribution in [3.63, 3.8) is 0 Å². The first kappa shape index (κ1) is 12.9. The van der Waals surface area contributed by atoms with Crippen LogP contribution in [0.4, 0.5) is 13.2 Å². The van der Waals surface area contributed by atoms with Crippen LogP contribution in [0.25, 0.3) is 16.6 Å². The van der Waals surface area contributed by atoms with E-state index >= 15 is 0 Å². The Kier molecular flexibility index (Phi) is 2.55. The summed E-state index contributed by atoms with van der Waals surface area (Å²) in [5.74, 6) is 0.332. The van der Waals surface area contributed by atoms with E-state index in [2.05, 4.69) is 15.1 Å². The van der Waals surface area contributed by atoms with Gasteiger partial charge >= 0.3 is 11.9 Å². The third-order valence-electron chi connectivity index (χ3n) is 2.80. The number of rotatable bonds is 0. The van der Waals surface area contributed by atoms with E-state index < -0.39 is 22.5 Å². The van der Waals surface area contributed by atoms with Gasteiger partial charge in [0.05, 0.1) is 16.1 Å². The monoisotopic (exact) mass is 302 g/mol. The second-order valence-corrected chi connectivity index (χ2v) is 4.61. The number of hydrogen-bond donors (Lipinski definition) is 1. The molecule has 3 aromatic rings. The molecule has 0 amide bonds. The molecule has 5 nitrogen and oxygen atoms in total. The summed E-state index contributed by atoms with van der Waals surface area (Å²) in [4.78, 5) is 18.1. The van der Waals surface area contributed by atoms with Crippen LogP contribution in [0, 0.1) is 6.92 Å². The number of aryl methyl sites for hydroxylation is 1. The van der Waals surface area contributed by atoms with Gasteiger partial charge in [0.1, 0.15) is 5.82 Å². The van der Waals surface area contributed by atoms with Crippen LogP contribution in [0.5, 0.6) is 0 Å². The molecule has 2 aromatic heterocycles. The Morgan fingerprint density at radius 3 is 2.70 bits per heavy atom. The van der Waals surface area contributed by atoms with Crippen LogP contribution in [0.15, 0.2) is 16.9 Å². The molecular formula is C11H6ClF3N4O. The number of nitrogens with zero attached hydrogens (tertiary/aromatic N) is 3. The minimum Gasteiger partial charge on any atom is -0.305 e. The molecular weight excluding hydrogens is 297 g/mol. The van der Waals surface area contributed by atoms with Crippen molar-refractivity contribution in [1.29, 1.82) is 0 Å². The van der Waals surface area contributed by atoms with Crippen LogP contribution >= 0.6 is 11.6 Å². The van der Waals surface area contributed by atoms with Gasteiger partial charge in [0, 0.05) is 5.39 Å². The lowest BCUT2D eigenvalue weighted by Crippen LogP contribution is -2.18. The second-order valence-electron chi connectivity index (χ2n) is 4.20. The summed E-state index contributed by atoms with van der Waals surface area (Å²) in [6.07, 6.45) is -4.60. The fourth-order valence-corrected chi connectivity index (χ4v) is 2.25. The number of aromatic amines is 1. The largest absolute Gasteiger partial charge is 0.417 e. The Balaban J connectivity index is 2.49. The number of fused-ring (bicyclic) bond motifs is 3. The number of alkyl halides is 3. The molecule has 0 aliphatic heterocycles. The highest BCUT2D eigenvalue weighted by Gasteiger charge is 2.33. The maximum Gasteiger partial charge on any atom is 0.417 e. The highest BCUT2D eigenvalue weighted by atomic mass is 35.5. The Bertz CT molecular complexity index is 896. The van der Waals surface area contributed by atoms with E-state index in [-0.39, 0.29) is 11.2 Å². The van der Waals surface area contributed by atoms with Gasteiger partial charge in [0.25, 0.3) is 0 Å². The fraction of sp³-hybridized carbons (Fsp3) is 0.182. The Morgan fingerprint density at radius 2 is 2.05 bits per heavy atom. The van der Waals surface area contributed by atoms with Gasteiger partial charge in [0.2, 0.25) is 0 Å². The first-order valence-corrected chi connectivity index (χ1v) is 5.81. The highest BCUT2D eigenvalue weighted by Crippen LogP contribution is 2.36. The van der Waals surface area contributed by atoms with Gasteiger partial charge < -0.3 is 4.98 Å². The van der Waals surface area contributed by atoms with E-state index in [0.29, 0.717) is 11.2 Å². The molecule has 0 bridgehead atoms. The normalized spacial score (nSPS) is 12.4. The molecule has 104 valence electrons. The van der Waals surface area contributed by atoms with E-state index in [9.17, 15) is 18.0 Å². The van der Waals surface area contributed by atoms with Crippen LogP contribution in [0.3, 0.4) is 0 Å². The lowest BCUT2D eigenvalue weighted by atomic mass is 10.1. The Labute approximate surface area is 114 Å². The molecule has 1 aromatic carbocycles. The van der Waals surface area contributed by atoms with Gasteiger partial charge in [0.15, 0.2) is 5.65 Å². The predicted octanol–water partition coefficient (Wildman–Crippen LogP) is 2.55. The molecule has 0 unspecified atom stereocenters. The lowest BCUT2D eigenvalue weighted by Gasteiger charge is -2.10. The molecule has 0 saturated heterocycles. The minimum absolute atomic E-state index is 0.00613. The van der Waals surface area contributed by atoms with Crippen LogP contribution < -0.4 is 5.69 Å². The van der Waals surface area contributed by atoms with Gasteiger partial charge in [-0.3, -0.25) is 0 Å². The molecule has 0 saturated carbocycles. The van der Waals surface area contributed by atoms with Crippen molar-refractivity contribution < 1.29 is 13.2 Å². The van der Waals surface area contributed by atoms with E-state index in [1.54, 1.807) is 6.92 Å². The average Bonchev–Trinajstić information content (AvgIpc) is 2.71. The quantitative estimate of drug-likeness (QED) is 0.694. The summed E-state index contributed by atoms with van der Waals surface area (Å²) in [6, 6.07) is 1.92. The number of H-pyrrole nitrogens is 1. The third-order valence-corrected chi connectivity index (χ3v) is 3.11. The van der Waals surface area contributed by atoms with Gasteiger partial charge in [-0.2, -0.15) is 17.7 Å². The van der Waals surface area contributed by atoms with Crippen LogP contribution in [0.1, 0.15) is 11.4 Å². The fourth-order valence-electron chi connectivity index (χ4n) is 1.98. The Hall–Kier alpha value is -2.09. The van der Waals surface area contributed by atoms with Crippen molar-refractivity contribution in [2.24, 2.45) is 0 Å². The highest BCUT2D eigenvalue weighted by molar-refractivity contribution is 6.32. The second kappa shape index (κ2) is 3.95. The van der Waals surface area contributed by atoms with Gasteiger partial charge in [-0.25, -0.2) is 9.78 Å². The topological polar surface area (TPSA) is 63.0 Å². The molecule has 1 N–H and O–H groups in total. The van der Waals surface area contributed by atoms with Crippen molar-refractivity contribution in [1.82, 2.24) is 19.6 Å². The number of nitrogens with one attached hydrogen (secondary N) is 1. The zero-order valence-corrected chi connectivity index (χ0v) is 10.7. The number of aromatic nitrogens is 4. The van der Waals surface area contributed by atoms with Crippen molar-refractivity contribution in [2.45, 2.75) is 13.1 Å². The number of hydrogen-bond acceptors (Lipinski definition) is 3. The third kappa shape index (κ3) is 1.83. The van der Waals surface area contributed by atoms with Crippen LogP contribution in [0.2, 0.25) is 5.02 Å². The average molecular weight is 303 g/mol. The van der Waals surface area contributed by atoms with E-state index in [1.165, 1.54) is 0 Å². The zero-order chi connectivity index (χ0) is 14.7. The predicted molar refractivity (Wildman–Crippen MR) is 65.9 cm³/mol. The van der Waals surface area contributed by atoms with Crippen molar-refractivity contribution >= 4 is 28.2 Å². The molecule has 0 aliphatic rings. The maximum absolute atomic E-state index is 12.8. The summed E-state index contributed by atoms with van der Waals surface area (Å²) in [6.45, 7) is 1.57. The summed E-state index contributed by atoms with van der Waals surface area (Å²) in [7, 11) is 0. The molecule has 0 atom stereocenters. The summed E-state index contributed by atoms with van der Waals surface area (Å²) in [5.41, 5.74) is -1.50. The smallest absolute Gasteiger partial charge is 0.305 e. The van der Waals surface area contributed by atoms with Gasteiger partial charge in [-0.15, -0.1) is 5.10 Å². The summed E-state index contributed by atoms with van der Waals surface area (Å²) < 4.78 is 39.3. The van der Waals surface area contributed by atoms with Gasteiger partial charge in [-0.05, 0) is 19.1 Å². The molecule has 0 fully saturated rings. The SMILES string of the molecule is Cc1nc2c3cc(Cl)c(C(F)(F)F)cc3[nH]c(=O)n2n1. The van der Waals surface area contributed by atoms with E-state index in [0.717, 1.165) is 16.6 Å². The van der Waals surface area contributed by atoms with Crippen molar-refractivity contribution in [3.8, 4) is 0 Å². The summed E-state index contributed by atoms with van der Waals surface area (Å²) in [5, 5.41) is 3.70. The molecule has 0 radical (unpaired) electrons. The minimum atomic E-state index is -4.60. The van der Waals surface area contributed by atoms with Crippen LogP contribution in [-0.2, 0) is 6.18 Å². The molecule has 0 aliphatic carbocycles. The number of halogens is 4. The lowest BCUT2D eigenvalue weighted by molar-refractivity contribution is -0.137. The molecule has 0 spiro atoms. The van der Waals surface area contributed by atoms with E-state index in [1.807, 2.05) is 0 Å². The van der Waals surface area contributed by atoms with E-state index in [4.69, 9.17) is 11.6 Å². The Morgan fingerprint density at radius 1 is 1.35 bits per heavy atom. The summed E-state index contributed by atoms with van der Waals surface area (Å²) >= 11 is 5.67. The molecule has 20 heavy (non-hydrogen) atoms. The standard InChI is InChI=1S/C11H6ClF3N4O/c1-4-16-9-5-2-7(12)6(11(13,14)15)3-8(5)17-10(20)19(9)18-4/h2-3H,1H3,(H,17,20). The van der Waals surface area contributed by atoms with Crippen molar-refractivity contribution in [2.75, 3.05) is 0 Å². The zero-order valence-electron chi connectivity index (χ0n) is 9.92.